The van der Waals surface area contributed by atoms with Crippen molar-refractivity contribution in [3.63, 3.8) is 0 Å². The molecule has 1 aliphatic rings. The lowest BCUT2D eigenvalue weighted by Gasteiger charge is -2.37. The number of carbonyl (C=O) groups excluding carboxylic acids is 1. The zero-order chi connectivity index (χ0) is 14.7. The van der Waals surface area contributed by atoms with E-state index in [0.717, 1.165) is 37.5 Å². The minimum atomic E-state index is 0.103. The Morgan fingerprint density at radius 1 is 1.20 bits per heavy atom. The van der Waals surface area contributed by atoms with Crippen molar-refractivity contribution < 1.29 is 9.53 Å². The number of amides is 1. The number of nitrogens with zero attached hydrogens (tertiary/aromatic N) is 2. The lowest BCUT2D eigenvalue weighted by atomic mass is 10.1. The lowest BCUT2D eigenvalue weighted by molar-refractivity contribution is 0.0595. The van der Waals surface area contributed by atoms with Crippen LogP contribution in [0.1, 0.15) is 29.8 Å². The van der Waals surface area contributed by atoms with Crippen LogP contribution in [0.5, 0.6) is 5.75 Å². The molecule has 0 aromatic heterocycles. The number of benzene rings is 1. The summed E-state index contributed by atoms with van der Waals surface area (Å²) in [6.07, 6.45) is 0. The van der Waals surface area contributed by atoms with Gasteiger partial charge in [0, 0.05) is 37.8 Å². The number of rotatable bonds is 3. The first-order valence-electron chi connectivity index (χ1n) is 7.21. The summed E-state index contributed by atoms with van der Waals surface area (Å²) < 4.78 is 5.29. The molecule has 0 bridgehead atoms. The van der Waals surface area contributed by atoms with Gasteiger partial charge in [-0.2, -0.15) is 0 Å². The van der Waals surface area contributed by atoms with E-state index in [4.69, 9.17) is 4.74 Å². The van der Waals surface area contributed by atoms with Crippen molar-refractivity contribution in [1.29, 1.82) is 0 Å². The van der Waals surface area contributed by atoms with Gasteiger partial charge in [-0.1, -0.05) is 6.07 Å². The molecular weight excluding hydrogens is 252 g/mol. The Morgan fingerprint density at radius 3 is 2.40 bits per heavy atom. The number of piperazine rings is 1. The Kier molecular flexibility index (Phi) is 4.65. The van der Waals surface area contributed by atoms with Gasteiger partial charge in [-0.05, 0) is 38.5 Å². The Labute approximate surface area is 121 Å². The highest BCUT2D eigenvalue weighted by Crippen LogP contribution is 2.20. The number of hydrogen-bond donors (Lipinski definition) is 0. The minimum absolute atomic E-state index is 0.103. The van der Waals surface area contributed by atoms with Crippen molar-refractivity contribution in [2.45, 2.75) is 26.8 Å². The van der Waals surface area contributed by atoms with Crippen LogP contribution in [0.2, 0.25) is 0 Å². The standard InChI is InChI=1S/C16H24N2O2/c1-12(2)17-7-9-18(10-8-17)16(19)14-6-5-13(3)15(11-14)20-4/h5-6,11-12H,7-10H2,1-4H3. The number of hydrogen-bond acceptors (Lipinski definition) is 3. The molecule has 1 amide bonds. The molecule has 1 aromatic carbocycles. The molecule has 0 radical (unpaired) electrons. The summed E-state index contributed by atoms with van der Waals surface area (Å²) in [6.45, 7) is 9.87. The van der Waals surface area contributed by atoms with E-state index in [1.165, 1.54) is 0 Å². The second kappa shape index (κ2) is 6.27. The van der Waals surface area contributed by atoms with E-state index in [-0.39, 0.29) is 5.91 Å². The van der Waals surface area contributed by atoms with Crippen LogP contribution >= 0.6 is 0 Å². The minimum Gasteiger partial charge on any atom is -0.496 e. The summed E-state index contributed by atoms with van der Waals surface area (Å²) in [6, 6.07) is 6.21. The normalized spacial score (nSPS) is 16.6. The fourth-order valence-electron chi connectivity index (χ4n) is 2.58. The van der Waals surface area contributed by atoms with Gasteiger partial charge >= 0.3 is 0 Å². The first-order chi connectivity index (χ1) is 9.52. The van der Waals surface area contributed by atoms with E-state index in [9.17, 15) is 4.79 Å². The predicted molar refractivity (Wildman–Crippen MR) is 80.3 cm³/mol. The van der Waals surface area contributed by atoms with Crippen LogP contribution in [-0.2, 0) is 0 Å². The van der Waals surface area contributed by atoms with Gasteiger partial charge in [0.25, 0.3) is 5.91 Å². The summed E-state index contributed by atoms with van der Waals surface area (Å²) in [5, 5.41) is 0. The second-order valence-electron chi connectivity index (χ2n) is 5.61. The van der Waals surface area contributed by atoms with E-state index in [1.54, 1.807) is 7.11 Å². The van der Waals surface area contributed by atoms with Crippen LogP contribution in [0, 0.1) is 6.92 Å². The molecule has 20 heavy (non-hydrogen) atoms. The van der Waals surface area contributed by atoms with Gasteiger partial charge in [0.05, 0.1) is 7.11 Å². The van der Waals surface area contributed by atoms with Gasteiger partial charge in [0.2, 0.25) is 0 Å². The maximum Gasteiger partial charge on any atom is 0.254 e. The Bertz CT molecular complexity index is 477. The Morgan fingerprint density at radius 2 is 1.85 bits per heavy atom. The molecule has 4 nitrogen and oxygen atoms in total. The third-order valence-electron chi connectivity index (χ3n) is 3.99. The van der Waals surface area contributed by atoms with Crippen molar-refractivity contribution in [2.75, 3.05) is 33.3 Å². The topological polar surface area (TPSA) is 32.8 Å². The quantitative estimate of drug-likeness (QED) is 0.848. The SMILES string of the molecule is COc1cc(C(=O)N2CCN(C(C)C)CC2)ccc1C. The molecule has 110 valence electrons. The monoisotopic (exact) mass is 276 g/mol. The van der Waals surface area contributed by atoms with Crippen LogP contribution in [0.3, 0.4) is 0 Å². The number of ether oxygens (including phenoxy) is 1. The average Bonchev–Trinajstić information content (AvgIpc) is 2.47. The average molecular weight is 276 g/mol. The molecule has 0 unspecified atom stereocenters. The largest absolute Gasteiger partial charge is 0.496 e. The zero-order valence-corrected chi connectivity index (χ0v) is 12.8. The highest BCUT2D eigenvalue weighted by molar-refractivity contribution is 5.94. The molecule has 1 heterocycles. The van der Waals surface area contributed by atoms with E-state index < -0.39 is 0 Å². The summed E-state index contributed by atoms with van der Waals surface area (Å²) >= 11 is 0. The Balaban J connectivity index is 2.05. The molecule has 0 spiro atoms. The first-order valence-corrected chi connectivity index (χ1v) is 7.21. The first kappa shape index (κ1) is 14.9. The number of aryl methyl sites for hydroxylation is 1. The van der Waals surface area contributed by atoms with Gasteiger partial charge in [-0.3, -0.25) is 9.69 Å². The van der Waals surface area contributed by atoms with Crippen molar-refractivity contribution in [3.05, 3.63) is 29.3 Å². The highest BCUT2D eigenvalue weighted by Gasteiger charge is 2.23. The summed E-state index contributed by atoms with van der Waals surface area (Å²) in [5.41, 5.74) is 1.76. The molecule has 0 N–H and O–H groups in total. The maximum atomic E-state index is 12.5. The molecule has 4 heteroatoms. The number of carbonyl (C=O) groups is 1. The van der Waals surface area contributed by atoms with Gasteiger partial charge in [-0.25, -0.2) is 0 Å². The van der Waals surface area contributed by atoms with Gasteiger partial charge < -0.3 is 9.64 Å². The third kappa shape index (κ3) is 3.12. The molecule has 1 fully saturated rings. The zero-order valence-electron chi connectivity index (χ0n) is 12.8. The van der Waals surface area contributed by atoms with Gasteiger partial charge in [0.1, 0.15) is 5.75 Å². The van der Waals surface area contributed by atoms with Crippen LogP contribution < -0.4 is 4.74 Å². The molecule has 1 saturated heterocycles. The molecule has 2 rings (SSSR count). The number of methoxy groups -OCH3 is 1. The van der Waals surface area contributed by atoms with E-state index in [0.29, 0.717) is 11.6 Å². The van der Waals surface area contributed by atoms with Gasteiger partial charge in [-0.15, -0.1) is 0 Å². The lowest BCUT2D eigenvalue weighted by Crippen LogP contribution is -2.50. The molecule has 0 aliphatic carbocycles. The Hall–Kier alpha value is -1.55. The molecule has 1 aliphatic heterocycles. The predicted octanol–water partition coefficient (Wildman–Crippen LogP) is 2.17. The van der Waals surface area contributed by atoms with E-state index in [2.05, 4.69) is 18.7 Å². The maximum absolute atomic E-state index is 12.5. The van der Waals surface area contributed by atoms with E-state index in [1.807, 2.05) is 30.0 Å². The van der Waals surface area contributed by atoms with Gasteiger partial charge in [0.15, 0.2) is 0 Å². The van der Waals surface area contributed by atoms with Crippen LogP contribution in [-0.4, -0.2) is 55.0 Å². The molecular formula is C16H24N2O2. The second-order valence-corrected chi connectivity index (χ2v) is 5.61. The van der Waals surface area contributed by atoms with Crippen molar-refractivity contribution in [2.24, 2.45) is 0 Å². The van der Waals surface area contributed by atoms with Crippen molar-refractivity contribution in [1.82, 2.24) is 9.80 Å². The summed E-state index contributed by atoms with van der Waals surface area (Å²) in [4.78, 5) is 16.8. The van der Waals surface area contributed by atoms with Crippen LogP contribution in [0.25, 0.3) is 0 Å². The fourth-order valence-corrected chi connectivity index (χ4v) is 2.58. The third-order valence-corrected chi connectivity index (χ3v) is 3.99. The summed E-state index contributed by atoms with van der Waals surface area (Å²) in [7, 11) is 1.64. The molecule has 0 atom stereocenters. The highest BCUT2D eigenvalue weighted by atomic mass is 16.5. The van der Waals surface area contributed by atoms with Crippen LogP contribution in [0.4, 0.5) is 0 Å². The fraction of sp³-hybridized carbons (Fsp3) is 0.562. The molecule has 0 saturated carbocycles. The summed E-state index contributed by atoms with van der Waals surface area (Å²) in [5.74, 6) is 0.878. The van der Waals surface area contributed by atoms with Crippen molar-refractivity contribution >= 4 is 5.91 Å². The smallest absolute Gasteiger partial charge is 0.254 e. The van der Waals surface area contributed by atoms with E-state index >= 15 is 0 Å². The molecule has 1 aromatic rings. The van der Waals surface area contributed by atoms with Crippen LogP contribution in [0.15, 0.2) is 18.2 Å². The van der Waals surface area contributed by atoms with Crippen molar-refractivity contribution in [3.8, 4) is 5.75 Å².